The second-order valence-electron chi connectivity index (χ2n) is 6.31. The molecule has 2 heteroatoms. The lowest BCUT2D eigenvalue weighted by Gasteiger charge is -2.09. The van der Waals surface area contributed by atoms with Crippen LogP contribution in [-0.2, 0) is 17.9 Å². The van der Waals surface area contributed by atoms with E-state index in [1.807, 2.05) is 0 Å². The van der Waals surface area contributed by atoms with E-state index in [0.29, 0.717) is 5.92 Å². The number of benzene rings is 1. The Morgan fingerprint density at radius 2 is 1.81 bits per heavy atom. The van der Waals surface area contributed by atoms with Gasteiger partial charge >= 0.3 is 0 Å². The molecule has 0 aromatic heterocycles. The van der Waals surface area contributed by atoms with Crippen LogP contribution in [-0.4, -0.2) is 13.2 Å². The fraction of sp³-hybridized carbons (Fsp3) is 0.684. The van der Waals surface area contributed by atoms with Crippen LogP contribution in [0.25, 0.3) is 0 Å². The number of hydrogen-bond acceptors (Lipinski definition) is 2. The minimum absolute atomic E-state index is 0.698. The van der Waals surface area contributed by atoms with E-state index >= 15 is 0 Å². The van der Waals surface area contributed by atoms with Crippen molar-refractivity contribution in [3.8, 4) is 0 Å². The molecule has 0 aliphatic carbocycles. The van der Waals surface area contributed by atoms with Gasteiger partial charge in [0.15, 0.2) is 0 Å². The van der Waals surface area contributed by atoms with E-state index in [4.69, 9.17) is 4.74 Å². The molecule has 21 heavy (non-hydrogen) atoms. The molecule has 0 unspecified atom stereocenters. The van der Waals surface area contributed by atoms with Crippen molar-refractivity contribution in [2.45, 2.75) is 66.0 Å². The predicted molar refractivity (Wildman–Crippen MR) is 91.4 cm³/mol. The maximum atomic E-state index is 5.78. The summed E-state index contributed by atoms with van der Waals surface area (Å²) >= 11 is 0. The Balaban J connectivity index is 2.17. The van der Waals surface area contributed by atoms with Crippen molar-refractivity contribution in [2.24, 2.45) is 5.92 Å². The van der Waals surface area contributed by atoms with Gasteiger partial charge in [0.1, 0.15) is 0 Å². The van der Waals surface area contributed by atoms with Gasteiger partial charge in [-0.25, -0.2) is 0 Å². The van der Waals surface area contributed by atoms with Crippen LogP contribution in [0.5, 0.6) is 0 Å². The van der Waals surface area contributed by atoms with Gasteiger partial charge in [-0.05, 0) is 30.0 Å². The van der Waals surface area contributed by atoms with Crippen molar-refractivity contribution in [2.75, 3.05) is 13.2 Å². The summed E-state index contributed by atoms with van der Waals surface area (Å²) in [5, 5.41) is 3.48. The number of unbranched alkanes of at least 4 members (excludes halogenated alkanes) is 4. The molecule has 1 aromatic carbocycles. The molecule has 0 radical (unpaired) electrons. The molecule has 0 bridgehead atoms. The standard InChI is InChI=1S/C19H33NO/c1-4-5-6-7-8-12-21-16-19-11-9-10-18(13-19)15-20-14-17(2)3/h9-11,13,17,20H,4-8,12,14-16H2,1-3H3. The van der Waals surface area contributed by atoms with E-state index in [-0.39, 0.29) is 0 Å². The summed E-state index contributed by atoms with van der Waals surface area (Å²) in [6.45, 7) is 10.4. The van der Waals surface area contributed by atoms with E-state index in [2.05, 4.69) is 50.4 Å². The summed E-state index contributed by atoms with van der Waals surface area (Å²) in [5.41, 5.74) is 2.63. The zero-order valence-corrected chi connectivity index (χ0v) is 14.2. The average molecular weight is 291 g/mol. The van der Waals surface area contributed by atoms with Crippen LogP contribution < -0.4 is 5.32 Å². The summed E-state index contributed by atoms with van der Waals surface area (Å²) in [4.78, 5) is 0. The summed E-state index contributed by atoms with van der Waals surface area (Å²) in [6.07, 6.45) is 6.49. The average Bonchev–Trinajstić information content (AvgIpc) is 2.46. The Kier molecular flexibility index (Phi) is 10.2. The highest BCUT2D eigenvalue weighted by Gasteiger charge is 1.98. The van der Waals surface area contributed by atoms with Gasteiger partial charge in [0.05, 0.1) is 6.61 Å². The molecule has 0 heterocycles. The zero-order chi connectivity index (χ0) is 15.3. The smallest absolute Gasteiger partial charge is 0.0716 e. The van der Waals surface area contributed by atoms with E-state index in [1.165, 1.54) is 43.2 Å². The molecule has 0 saturated carbocycles. The normalized spacial score (nSPS) is 11.2. The van der Waals surface area contributed by atoms with Crippen molar-refractivity contribution in [1.82, 2.24) is 5.32 Å². The molecule has 0 spiro atoms. The SMILES string of the molecule is CCCCCCCOCc1cccc(CNCC(C)C)c1. The Bertz CT molecular complexity index is 362. The van der Waals surface area contributed by atoms with E-state index in [0.717, 1.165) is 26.3 Å². The third kappa shape index (κ3) is 9.65. The largest absolute Gasteiger partial charge is 0.377 e. The fourth-order valence-corrected chi connectivity index (χ4v) is 2.33. The molecule has 0 atom stereocenters. The molecule has 0 amide bonds. The van der Waals surface area contributed by atoms with Crippen LogP contribution in [0.15, 0.2) is 24.3 Å². The van der Waals surface area contributed by atoms with Crippen molar-refractivity contribution in [3.05, 3.63) is 35.4 Å². The quantitative estimate of drug-likeness (QED) is 0.552. The number of ether oxygens (including phenoxy) is 1. The van der Waals surface area contributed by atoms with Gasteiger partial charge in [-0.2, -0.15) is 0 Å². The second kappa shape index (κ2) is 11.8. The number of rotatable bonds is 12. The topological polar surface area (TPSA) is 21.3 Å². The molecule has 1 N–H and O–H groups in total. The van der Waals surface area contributed by atoms with Gasteiger partial charge in [0.2, 0.25) is 0 Å². The molecule has 1 rings (SSSR count). The summed E-state index contributed by atoms with van der Waals surface area (Å²) < 4.78 is 5.78. The molecule has 120 valence electrons. The first-order valence-electron chi connectivity index (χ1n) is 8.58. The molecule has 0 aliphatic heterocycles. The third-order valence-corrected chi connectivity index (χ3v) is 3.53. The molecular weight excluding hydrogens is 258 g/mol. The zero-order valence-electron chi connectivity index (χ0n) is 14.2. The second-order valence-corrected chi connectivity index (χ2v) is 6.31. The minimum atomic E-state index is 0.698. The minimum Gasteiger partial charge on any atom is -0.377 e. The maximum absolute atomic E-state index is 5.78. The van der Waals surface area contributed by atoms with Crippen molar-refractivity contribution >= 4 is 0 Å². The number of nitrogens with one attached hydrogen (secondary N) is 1. The lowest BCUT2D eigenvalue weighted by Crippen LogP contribution is -2.18. The Hall–Kier alpha value is -0.860. The molecular formula is C19H33NO. The van der Waals surface area contributed by atoms with Crippen molar-refractivity contribution in [3.63, 3.8) is 0 Å². The Morgan fingerprint density at radius 1 is 1.05 bits per heavy atom. The summed E-state index contributed by atoms with van der Waals surface area (Å²) in [6, 6.07) is 8.72. The first-order chi connectivity index (χ1) is 10.2. The Morgan fingerprint density at radius 3 is 2.57 bits per heavy atom. The van der Waals surface area contributed by atoms with Crippen LogP contribution in [0.4, 0.5) is 0 Å². The van der Waals surface area contributed by atoms with Crippen LogP contribution in [0, 0.1) is 5.92 Å². The van der Waals surface area contributed by atoms with Crippen molar-refractivity contribution < 1.29 is 4.74 Å². The predicted octanol–water partition coefficient (Wildman–Crippen LogP) is 4.92. The van der Waals surface area contributed by atoms with Crippen LogP contribution >= 0.6 is 0 Å². The monoisotopic (exact) mass is 291 g/mol. The van der Waals surface area contributed by atoms with Crippen LogP contribution in [0.3, 0.4) is 0 Å². The lowest BCUT2D eigenvalue weighted by atomic mass is 10.1. The molecule has 0 saturated heterocycles. The van der Waals surface area contributed by atoms with Gasteiger partial charge in [0, 0.05) is 13.2 Å². The van der Waals surface area contributed by atoms with Gasteiger partial charge in [0.25, 0.3) is 0 Å². The van der Waals surface area contributed by atoms with Gasteiger partial charge in [-0.3, -0.25) is 0 Å². The summed E-state index contributed by atoms with van der Waals surface area (Å²) in [5.74, 6) is 0.698. The highest BCUT2D eigenvalue weighted by atomic mass is 16.5. The van der Waals surface area contributed by atoms with Crippen molar-refractivity contribution in [1.29, 1.82) is 0 Å². The van der Waals surface area contributed by atoms with Gasteiger partial charge in [-0.1, -0.05) is 70.7 Å². The van der Waals surface area contributed by atoms with Gasteiger partial charge < -0.3 is 10.1 Å². The number of hydrogen-bond donors (Lipinski definition) is 1. The summed E-state index contributed by atoms with van der Waals surface area (Å²) in [7, 11) is 0. The van der Waals surface area contributed by atoms with Crippen LogP contribution in [0.1, 0.15) is 64.0 Å². The lowest BCUT2D eigenvalue weighted by molar-refractivity contribution is 0.116. The van der Waals surface area contributed by atoms with Crippen LogP contribution in [0.2, 0.25) is 0 Å². The highest BCUT2D eigenvalue weighted by Crippen LogP contribution is 2.08. The molecule has 0 aliphatic rings. The molecule has 0 fully saturated rings. The van der Waals surface area contributed by atoms with E-state index < -0.39 is 0 Å². The molecule has 2 nitrogen and oxygen atoms in total. The highest BCUT2D eigenvalue weighted by molar-refractivity contribution is 5.22. The fourth-order valence-electron chi connectivity index (χ4n) is 2.33. The Labute approximate surface area is 131 Å². The molecule has 1 aromatic rings. The first kappa shape index (κ1) is 18.2. The van der Waals surface area contributed by atoms with E-state index in [9.17, 15) is 0 Å². The van der Waals surface area contributed by atoms with E-state index in [1.54, 1.807) is 0 Å². The van der Waals surface area contributed by atoms with Gasteiger partial charge in [-0.15, -0.1) is 0 Å². The maximum Gasteiger partial charge on any atom is 0.0716 e. The first-order valence-corrected chi connectivity index (χ1v) is 8.58. The third-order valence-electron chi connectivity index (χ3n) is 3.53.